The number of para-hydroxylation sites is 1. The molecular formula is C27H28ClN5O4S. The van der Waals surface area contributed by atoms with Crippen LogP contribution < -0.4 is 9.47 Å². The number of methoxy groups -OCH3 is 2. The van der Waals surface area contributed by atoms with Gasteiger partial charge in [0.1, 0.15) is 6.42 Å². The van der Waals surface area contributed by atoms with Crippen molar-refractivity contribution in [3.63, 3.8) is 0 Å². The van der Waals surface area contributed by atoms with E-state index in [1.165, 1.54) is 0 Å². The summed E-state index contributed by atoms with van der Waals surface area (Å²) in [7, 11) is 3.30. The van der Waals surface area contributed by atoms with Gasteiger partial charge in [0, 0.05) is 27.7 Å². The van der Waals surface area contributed by atoms with Crippen molar-refractivity contribution < 1.29 is 19.0 Å². The highest BCUT2D eigenvalue weighted by atomic mass is 35.5. The van der Waals surface area contributed by atoms with Crippen molar-refractivity contribution in [3.8, 4) is 17.2 Å². The van der Waals surface area contributed by atoms with Crippen LogP contribution in [0.2, 0.25) is 5.02 Å². The number of aromatic nitrogens is 5. The van der Waals surface area contributed by atoms with Crippen molar-refractivity contribution in [3.05, 3.63) is 82.4 Å². The minimum absolute atomic E-state index is 0.00263. The normalized spacial score (nSPS) is 16.3. The first-order valence-corrected chi connectivity index (χ1v) is 13.6. The molecule has 9 nitrogen and oxygen atoms in total. The molecule has 0 fully saturated rings. The Balaban J connectivity index is 1.49. The van der Waals surface area contributed by atoms with Crippen molar-refractivity contribution in [2.24, 2.45) is 0 Å². The Kier molecular flexibility index (Phi) is 7.90. The average Bonchev–Trinajstić information content (AvgIpc) is 3.56. The molecule has 0 unspecified atom stereocenters. The fourth-order valence-corrected chi connectivity index (χ4v) is 6.48. The third kappa shape index (κ3) is 5.23. The number of aryl methyl sites for hydroxylation is 1. The summed E-state index contributed by atoms with van der Waals surface area (Å²) in [6.45, 7) is 2.61. The van der Waals surface area contributed by atoms with Crippen LogP contribution in [-0.4, -0.2) is 51.6 Å². The summed E-state index contributed by atoms with van der Waals surface area (Å²) in [5, 5.41) is 13.2. The maximum atomic E-state index is 11.8. The monoisotopic (exact) mass is 553 g/mol. The Bertz CT molecular complexity index is 1440. The van der Waals surface area contributed by atoms with Crippen molar-refractivity contribution >= 4 is 29.3 Å². The number of hydrogen-bond acceptors (Lipinski definition) is 8. The number of fused-ring (bicyclic) bond motifs is 3. The Morgan fingerprint density at radius 3 is 2.76 bits per heavy atom. The van der Waals surface area contributed by atoms with Gasteiger partial charge in [-0.3, -0.25) is 4.79 Å². The summed E-state index contributed by atoms with van der Waals surface area (Å²) in [4.78, 5) is 13.3. The average molecular weight is 554 g/mol. The smallest absolute Gasteiger partial charge is 0.313 e. The van der Waals surface area contributed by atoms with Gasteiger partial charge in [-0.2, -0.15) is 4.80 Å². The third-order valence-corrected chi connectivity index (χ3v) is 8.17. The van der Waals surface area contributed by atoms with Gasteiger partial charge in [-0.1, -0.05) is 23.7 Å². The fourth-order valence-electron chi connectivity index (χ4n) is 4.73. The SMILES string of the molecule is CCOC(=O)Cc1nnn(CC[C@H]2S[C@H](c3cccc(OC)c3OC)c3cc(Cl)ccc3-n3cccc32)n1. The van der Waals surface area contributed by atoms with Crippen molar-refractivity contribution in [1.82, 2.24) is 24.8 Å². The molecule has 5 rings (SSSR count). The van der Waals surface area contributed by atoms with E-state index in [0.29, 0.717) is 35.5 Å². The molecule has 0 radical (unpaired) electrons. The zero-order valence-corrected chi connectivity index (χ0v) is 22.9. The van der Waals surface area contributed by atoms with E-state index in [1.807, 2.05) is 36.0 Å². The maximum Gasteiger partial charge on any atom is 0.313 e. The number of ether oxygens (including phenoxy) is 3. The van der Waals surface area contributed by atoms with Crippen LogP contribution in [-0.2, 0) is 22.5 Å². The topological polar surface area (TPSA) is 93.3 Å². The molecule has 198 valence electrons. The predicted molar refractivity (Wildman–Crippen MR) is 145 cm³/mol. The number of tetrazole rings is 1. The summed E-state index contributed by atoms with van der Waals surface area (Å²) in [6, 6.07) is 16.1. The van der Waals surface area contributed by atoms with Crippen LogP contribution in [0.15, 0.2) is 54.7 Å². The van der Waals surface area contributed by atoms with Gasteiger partial charge in [0.2, 0.25) is 0 Å². The van der Waals surface area contributed by atoms with Crippen molar-refractivity contribution in [2.45, 2.75) is 36.8 Å². The van der Waals surface area contributed by atoms with E-state index in [-0.39, 0.29) is 22.9 Å². The highest BCUT2D eigenvalue weighted by Crippen LogP contribution is 2.54. The van der Waals surface area contributed by atoms with Gasteiger partial charge < -0.3 is 18.8 Å². The van der Waals surface area contributed by atoms with E-state index in [4.69, 9.17) is 25.8 Å². The second-order valence-electron chi connectivity index (χ2n) is 8.67. The summed E-state index contributed by atoms with van der Waals surface area (Å²) < 4.78 is 18.7. The quantitative estimate of drug-likeness (QED) is 0.261. The van der Waals surface area contributed by atoms with Crippen molar-refractivity contribution in [1.29, 1.82) is 0 Å². The minimum atomic E-state index is -0.365. The van der Waals surface area contributed by atoms with E-state index < -0.39 is 0 Å². The molecule has 0 saturated carbocycles. The van der Waals surface area contributed by atoms with Crippen LogP contribution in [0.5, 0.6) is 11.5 Å². The minimum Gasteiger partial charge on any atom is -0.493 e. The van der Waals surface area contributed by atoms with Gasteiger partial charge in [-0.15, -0.1) is 22.0 Å². The lowest BCUT2D eigenvalue weighted by Gasteiger charge is -2.24. The molecule has 2 aromatic carbocycles. The number of benzene rings is 2. The van der Waals surface area contributed by atoms with Gasteiger partial charge in [0.15, 0.2) is 17.3 Å². The first-order valence-electron chi connectivity index (χ1n) is 12.3. The van der Waals surface area contributed by atoms with Crippen LogP contribution in [0.1, 0.15) is 46.5 Å². The second kappa shape index (κ2) is 11.5. The standard InChI is InChI=1S/C27H28ClN5O4S/c1-4-37-25(34)16-24-29-31-33(30-24)14-12-23-21-8-6-13-32(21)20-11-10-17(28)15-19(20)27(38-23)18-7-5-9-22(35-2)26(18)36-3/h5-11,13,15,23,27H,4,12,14,16H2,1-3H3/t23-,27-/m1/s1. The van der Waals surface area contributed by atoms with Crippen LogP contribution in [0.25, 0.3) is 5.69 Å². The van der Waals surface area contributed by atoms with Gasteiger partial charge >= 0.3 is 5.97 Å². The number of rotatable bonds is 9. The molecule has 2 aromatic heterocycles. The van der Waals surface area contributed by atoms with Gasteiger partial charge in [0.25, 0.3) is 0 Å². The van der Waals surface area contributed by atoms with Crippen LogP contribution in [0.4, 0.5) is 0 Å². The van der Waals surface area contributed by atoms with Gasteiger partial charge in [0.05, 0.1) is 38.3 Å². The Morgan fingerprint density at radius 1 is 1.11 bits per heavy atom. The lowest BCUT2D eigenvalue weighted by atomic mass is 10.0. The number of halogens is 1. The highest BCUT2D eigenvalue weighted by Gasteiger charge is 2.32. The summed E-state index contributed by atoms with van der Waals surface area (Å²) in [5.41, 5.74) is 4.32. The number of carbonyl (C=O) groups excluding carboxylic acids is 1. The number of carbonyl (C=O) groups is 1. The second-order valence-corrected chi connectivity index (χ2v) is 10.4. The lowest BCUT2D eigenvalue weighted by molar-refractivity contribution is -0.142. The molecule has 0 N–H and O–H groups in total. The largest absolute Gasteiger partial charge is 0.493 e. The van der Waals surface area contributed by atoms with E-state index in [2.05, 4.69) is 50.4 Å². The third-order valence-electron chi connectivity index (χ3n) is 6.35. The zero-order chi connectivity index (χ0) is 26.6. The van der Waals surface area contributed by atoms with E-state index >= 15 is 0 Å². The molecular weight excluding hydrogens is 526 g/mol. The molecule has 4 aromatic rings. The van der Waals surface area contributed by atoms with Crippen LogP contribution >= 0.6 is 23.4 Å². The molecule has 0 saturated heterocycles. The predicted octanol–water partition coefficient (Wildman–Crippen LogP) is 5.21. The van der Waals surface area contributed by atoms with E-state index in [0.717, 1.165) is 28.9 Å². The number of thioether (sulfide) groups is 1. The molecule has 11 heteroatoms. The first-order chi connectivity index (χ1) is 18.5. The zero-order valence-electron chi connectivity index (χ0n) is 21.3. The Morgan fingerprint density at radius 2 is 1.97 bits per heavy atom. The molecule has 2 atom stereocenters. The van der Waals surface area contributed by atoms with Gasteiger partial charge in [-0.05, 0) is 60.5 Å². The molecule has 0 amide bonds. The van der Waals surface area contributed by atoms with E-state index in [9.17, 15) is 4.79 Å². The summed E-state index contributed by atoms with van der Waals surface area (Å²) >= 11 is 8.34. The Labute approximate surface area is 230 Å². The van der Waals surface area contributed by atoms with Crippen molar-refractivity contribution in [2.75, 3.05) is 20.8 Å². The summed E-state index contributed by atoms with van der Waals surface area (Å²) in [6.07, 6.45) is 2.81. The van der Waals surface area contributed by atoms with Gasteiger partial charge in [-0.25, -0.2) is 0 Å². The fraction of sp³-hybridized carbons (Fsp3) is 0.333. The maximum absolute atomic E-state index is 11.8. The van der Waals surface area contributed by atoms with Crippen LogP contribution in [0, 0.1) is 0 Å². The first kappa shape index (κ1) is 26.1. The molecule has 3 heterocycles. The van der Waals surface area contributed by atoms with Crippen LogP contribution in [0.3, 0.4) is 0 Å². The molecule has 1 aliphatic rings. The number of nitrogens with zero attached hydrogens (tertiary/aromatic N) is 5. The molecule has 1 aliphatic heterocycles. The van der Waals surface area contributed by atoms with E-state index in [1.54, 1.807) is 25.9 Å². The Hall–Kier alpha value is -3.50. The number of hydrogen-bond donors (Lipinski definition) is 0. The molecule has 0 spiro atoms. The highest BCUT2D eigenvalue weighted by molar-refractivity contribution is 8.00. The molecule has 0 bridgehead atoms. The summed E-state index contributed by atoms with van der Waals surface area (Å²) in [5.74, 6) is 1.36. The lowest BCUT2D eigenvalue weighted by Crippen LogP contribution is -2.10. The molecule has 38 heavy (non-hydrogen) atoms. The molecule has 0 aliphatic carbocycles. The number of esters is 1.